The standard InChI is InChI=1S/C30H28N2O4/c1-23(36-29-18-16-28(17-19-29)35-22-26-10-6-3-7-11-26)30(33)32-31-20-24-12-14-27(15-13-24)34-21-25-8-4-2-5-9-25/h2-20,23H,21-22H2,1H3,(H,32,33)/b31-20+/t23-/m1/s1. The number of benzene rings is 4. The molecule has 0 bridgehead atoms. The van der Waals surface area contributed by atoms with Gasteiger partial charge in [-0.2, -0.15) is 5.10 Å². The second-order valence-corrected chi connectivity index (χ2v) is 8.08. The molecule has 6 heteroatoms. The maximum atomic E-state index is 12.3. The van der Waals surface area contributed by atoms with Crippen LogP contribution in [0.5, 0.6) is 17.2 Å². The third-order valence-corrected chi connectivity index (χ3v) is 5.27. The van der Waals surface area contributed by atoms with E-state index < -0.39 is 6.10 Å². The molecule has 0 saturated carbocycles. The second kappa shape index (κ2) is 12.8. The minimum Gasteiger partial charge on any atom is -0.489 e. The zero-order valence-electron chi connectivity index (χ0n) is 20.0. The lowest BCUT2D eigenvalue weighted by molar-refractivity contribution is -0.127. The number of carbonyl (C=O) groups excluding carboxylic acids is 1. The summed E-state index contributed by atoms with van der Waals surface area (Å²) in [7, 11) is 0. The van der Waals surface area contributed by atoms with Crippen LogP contribution in [0, 0.1) is 0 Å². The van der Waals surface area contributed by atoms with Crippen LogP contribution in [0.2, 0.25) is 0 Å². The molecule has 0 aromatic heterocycles. The summed E-state index contributed by atoms with van der Waals surface area (Å²) < 4.78 is 17.3. The Morgan fingerprint density at radius 3 is 1.72 bits per heavy atom. The quantitative estimate of drug-likeness (QED) is 0.219. The Morgan fingerprint density at radius 1 is 0.722 bits per heavy atom. The van der Waals surface area contributed by atoms with Crippen molar-refractivity contribution in [2.45, 2.75) is 26.2 Å². The number of carbonyl (C=O) groups is 1. The maximum absolute atomic E-state index is 12.3. The molecule has 0 heterocycles. The molecule has 0 fully saturated rings. The van der Waals surface area contributed by atoms with Crippen molar-refractivity contribution in [1.29, 1.82) is 0 Å². The topological polar surface area (TPSA) is 69.2 Å². The van der Waals surface area contributed by atoms with Crippen LogP contribution in [0.3, 0.4) is 0 Å². The van der Waals surface area contributed by atoms with Crippen LogP contribution in [-0.2, 0) is 18.0 Å². The highest BCUT2D eigenvalue weighted by Crippen LogP contribution is 2.20. The largest absolute Gasteiger partial charge is 0.489 e. The molecule has 1 atom stereocenters. The lowest BCUT2D eigenvalue weighted by Gasteiger charge is -2.13. The molecule has 36 heavy (non-hydrogen) atoms. The van der Waals surface area contributed by atoms with E-state index in [4.69, 9.17) is 14.2 Å². The molecule has 182 valence electrons. The molecular formula is C30H28N2O4. The van der Waals surface area contributed by atoms with Gasteiger partial charge in [0.2, 0.25) is 0 Å². The zero-order valence-corrected chi connectivity index (χ0v) is 20.0. The summed E-state index contributed by atoms with van der Waals surface area (Å²) in [5.74, 6) is 1.71. The summed E-state index contributed by atoms with van der Waals surface area (Å²) in [5, 5.41) is 4.03. The highest BCUT2D eigenvalue weighted by Gasteiger charge is 2.14. The van der Waals surface area contributed by atoms with Crippen LogP contribution in [0.15, 0.2) is 114 Å². The number of ether oxygens (including phenoxy) is 3. The fourth-order valence-electron chi connectivity index (χ4n) is 3.27. The smallest absolute Gasteiger partial charge is 0.280 e. The predicted molar refractivity (Wildman–Crippen MR) is 140 cm³/mol. The summed E-state index contributed by atoms with van der Waals surface area (Å²) in [6.07, 6.45) is 0.858. The summed E-state index contributed by atoms with van der Waals surface area (Å²) in [5.41, 5.74) is 5.55. The molecule has 1 N–H and O–H groups in total. The summed E-state index contributed by atoms with van der Waals surface area (Å²) in [6.45, 7) is 2.66. The van der Waals surface area contributed by atoms with E-state index in [1.807, 2.05) is 97.1 Å². The molecular weight excluding hydrogens is 452 g/mol. The van der Waals surface area contributed by atoms with Gasteiger partial charge in [-0.1, -0.05) is 60.7 Å². The molecule has 1 amide bonds. The summed E-state index contributed by atoms with van der Waals surface area (Å²) in [4.78, 5) is 12.3. The fraction of sp³-hybridized carbons (Fsp3) is 0.133. The third kappa shape index (κ3) is 7.74. The normalized spacial score (nSPS) is 11.6. The average molecular weight is 481 g/mol. The third-order valence-electron chi connectivity index (χ3n) is 5.27. The molecule has 0 saturated heterocycles. The fourth-order valence-corrected chi connectivity index (χ4v) is 3.27. The number of nitrogens with zero attached hydrogens (tertiary/aromatic N) is 1. The molecule has 4 aromatic rings. The SMILES string of the molecule is C[C@@H](Oc1ccc(OCc2ccccc2)cc1)C(=O)N/N=C/c1ccc(OCc2ccccc2)cc1. The van der Waals surface area contributed by atoms with E-state index in [0.29, 0.717) is 19.0 Å². The second-order valence-electron chi connectivity index (χ2n) is 8.08. The van der Waals surface area contributed by atoms with E-state index in [9.17, 15) is 4.79 Å². The molecule has 0 unspecified atom stereocenters. The first-order chi connectivity index (χ1) is 17.7. The van der Waals surface area contributed by atoms with Crippen LogP contribution in [0.1, 0.15) is 23.6 Å². The molecule has 4 aromatic carbocycles. The van der Waals surface area contributed by atoms with E-state index in [0.717, 1.165) is 28.2 Å². The lowest BCUT2D eigenvalue weighted by atomic mass is 10.2. The van der Waals surface area contributed by atoms with Gasteiger partial charge in [0.1, 0.15) is 30.5 Å². The molecule has 0 aliphatic carbocycles. The van der Waals surface area contributed by atoms with Crippen LogP contribution < -0.4 is 19.6 Å². The number of rotatable bonds is 11. The van der Waals surface area contributed by atoms with Crippen LogP contribution in [-0.4, -0.2) is 18.2 Å². The molecule has 0 radical (unpaired) electrons. The van der Waals surface area contributed by atoms with Crippen LogP contribution in [0.4, 0.5) is 0 Å². The number of amides is 1. The Bertz CT molecular complexity index is 1240. The molecule has 0 spiro atoms. The van der Waals surface area contributed by atoms with Gasteiger partial charge in [0.15, 0.2) is 6.10 Å². The predicted octanol–water partition coefficient (Wildman–Crippen LogP) is 5.76. The van der Waals surface area contributed by atoms with Gasteiger partial charge in [0, 0.05) is 0 Å². The minimum absolute atomic E-state index is 0.349. The number of hydrogen-bond acceptors (Lipinski definition) is 5. The highest BCUT2D eigenvalue weighted by atomic mass is 16.5. The van der Waals surface area contributed by atoms with E-state index in [-0.39, 0.29) is 5.91 Å². The monoisotopic (exact) mass is 480 g/mol. The maximum Gasteiger partial charge on any atom is 0.280 e. The van der Waals surface area contributed by atoms with Crippen LogP contribution >= 0.6 is 0 Å². The number of hydrogen-bond donors (Lipinski definition) is 1. The van der Waals surface area contributed by atoms with Crippen molar-refractivity contribution in [2.24, 2.45) is 5.10 Å². The molecule has 6 nitrogen and oxygen atoms in total. The van der Waals surface area contributed by atoms with E-state index in [2.05, 4.69) is 10.5 Å². The first-order valence-corrected chi connectivity index (χ1v) is 11.7. The van der Waals surface area contributed by atoms with Crippen molar-refractivity contribution in [3.05, 3.63) is 126 Å². The molecule has 4 rings (SSSR count). The Balaban J connectivity index is 1.19. The van der Waals surface area contributed by atoms with Crippen molar-refractivity contribution >= 4 is 12.1 Å². The van der Waals surface area contributed by atoms with E-state index >= 15 is 0 Å². The first-order valence-electron chi connectivity index (χ1n) is 11.7. The van der Waals surface area contributed by atoms with Crippen molar-refractivity contribution in [3.63, 3.8) is 0 Å². The van der Waals surface area contributed by atoms with Gasteiger partial charge in [-0.15, -0.1) is 0 Å². The summed E-state index contributed by atoms with van der Waals surface area (Å²) in [6, 6.07) is 34.6. The highest BCUT2D eigenvalue weighted by molar-refractivity contribution is 5.84. The molecule has 0 aliphatic rings. The van der Waals surface area contributed by atoms with Crippen molar-refractivity contribution in [2.75, 3.05) is 0 Å². The Kier molecular flexibility index (Phi) is 8.70. The van der Waals surface area contributed by atoms with Gasteiger partial charge in [-0.3, -0.25) is 4.79 Å². The Morgan fingerprint density at radius 2 is 1.19 bits per heavy atom. The number of hydrazone groups is 1. The van der Waals surface area contributed by atoms with Gasteiger partial charge in [-0.05, 0) is 72.1 Å². The lowest BCUT2D eigenvalue weighted by Crippen LogP contribution is -2.33. The summed E-state index contributed by atoms with van der Waals surface area (Å²) >= 11 is 0. The van der Waals surface area contributed by atoms with Crippen molar-refractivity contribution < 1.29 is 19.0 Å². The van der Waals surface area contributed by atoms with Crippen molar-refractivity contribution in [3.8, 4) is 17.2 Å². The van der Waals surface area contributed by atoms with Gasteiger partial charge in [0.05, 0.1) is 6.21 Å². The minimum atomic E-state index is -0.716. The average Bonchev–Trinajstić information content (AvgIpc) is 2.93. The van der Waals surface area contributed by atoms with E-state index in [1.165, 1.54) is 0 Å². The van der Waals surface area contributed by atoms with Crippen molar-refractivity contribution in [1.82, 2.24) is 5.43 Å². The Hall–Kier alpha value is -4.58. The van der Waals surface area contributed by atoms with E-state index in [1.54, 1.807) is 25.3 Å². The van der Waals surface area contributed by atoms with Gasteiger partial charge < -0.3 is 14.2 Å². The zero-order chi connectivity index (χ0) is 25.0. The van der Waals surface area contributed by atoms with Gasteiger partial charge >= 0.3 is 0 Å². The van der Waals surface area contributed by atoms with Gasteiger partial charge in [-0.25, -0.2) is 5.43 Å². The Labute approximate surface area is 211 Å². The van der Waals surface area contributed by atoms with Crippen LogP contribution in [0.25, 0.3) is 0 Å². The first kappa shape index (κ1) is 24.5. The van der Waals surface area contributed by atoms with Gasteiger partial charge in [0.25, 0.3) is 5.91 Å². The number of nitrogens with one attached hydrogen (secondary N) is 1. The molecule has 0 aliphatic heterocycles.